The molecule has 1 aliphatic rings. The number of anilines is 1. The second kappa shape index (κ2) is 6.63. The minimum absolute atomic E-state index is 0. The quantitative estimate of drug-likeness (QED) is 0.844. The molecule has 6 nitrogen and oxygen atoms in total. The van der Waals surface area contributed by atoms with E-state index in [0.717, 1.165) is 13.0 Å². The van der Waals surface area contributed by atoms with Crippen molar-refractivity contribution >= 4 is 33.8 Å². The van der Waals surface area contributed by atoms with Crippen LogP contribution in [0.15, 0.2) is 10.7 Å². The highest BCUT2D eigenvalue weighted by Crippen LogP contribution is 2.38. The van der Waals surface area contributed by atoms with Gasteiger partial charge in [-0.2, -0.15) is 18.5 Å². The summed E-state index contributed by atoms with van der Waals surface area (Å²) in [4.78, 5) is 16.8. The Hall–Kier alpha value is -0.993. The number of aromatic nitrogens is 1. The maximum atomic E-state index is 10.8. The zero-order valence-electron chi connectivity index (χ0n) is 13.8. The summed E-state index contributed by atoms with van der Waals surface area (Å²) in [6, 6.07) is 0.369. The van der Waals surface area contributed by atoms with Crippen LogP contribution in [0.1, 0.15) is 37.7 Å². The average Bonchev–Trinajstić information content (AvgIpc) is 2.94. The predicted molar refractivity (Wildman–Crippen MR) is 92.7 cm³/mol. The second-order valence-electron chi connectivity index (χ2n) is 7.06. The fourth-order valence-corrected chi connectivity index (χ4v) is 3.48. The lowest BCUT2D eigenvalue weighted by molar-refractivity contribution is 0.0690. The van der Waals surface area contributed by atoms with Crippen LogP contribution in [0, 0.1) is 0 Å². The van der Waals surface area contributed by atoms with Crippen molar-refractivity contribution in [1.82, 2.24) is 4.98 Å². The standard InChI is InChI=1S/C14H24N2O4Si.H2S/c1-14(2,3)21(4,5)20-10-6-7-16(8-10)13-15-11(9-19-13)12(17)18;/h9-10H,6-8H2,1-5H3,(H,17,18);1H2/t10-;/m0./s1. The van der Waals surface area contributed by atoms with Crippen LogP contribution in [0.5, 0.6) is 0 Å². The van der Waals surface area contributed by atoms with Crippen LogP contribution < -0.4 is 4.90 Å². The van der Waals surface area contributed by atoms with E-state index in [1.807, 2.05) is 4.90 Å². The third kappa shape index (κ3) is 4.05. The highest BCUT2D eigenvalue weighted by atomic mass is 32.1. The van der Waals surface area contributed by atoms with E-state index in [-0.39, 0.29) is 30.3 Å². The summed E-state index contributed by atoms with van der Waals surface area (Å²) in [5, 5.41) is 9.06. The van der Waals surface area contributed by atoms with Crippen LogP contribution in [-0.2, 0) is 4.43 Å². The molecule has 0 aromatic carbocycles. The largest absolute Gasteiger partial charge is 0.476 e. The SMILES string of the molecule is CC(C)(C)[Si](C)(C)O[C@H]1CCN(c2nc(C(=O)O)co2)C1.S. The number of oxazole rings is 1. The molecule has 8 heteroatoms. The smallest absolute Gasteiger partial charge is 0.357 e. The van der Waals surface area contributed by atoms with Gasteiger partial charge >= 0.3 is 5.97 Å². The molecule has 1 aromatic heterocycles. The third-order valence-electron chi connectivity index (χ3n) is 4.39. The van der Waals surface area contributed by atoms with Gasteiger partial charge in [0.25, 0.3) is 6.01 Å². The van der Waals surface area contributed by atoms with E-state index in [1.165, 1.54) is 6.26 Å². The molecule has 2 rings (SSSR count). The van der Waals surface area contributed by atoms with Crippen molar-refractivity contribution in [2.45, 2.75) is 51.4 Å². The van der Waals surface area contributed by atoms with Gasteiger partial charge in [-0.1, -0.05) is 20.8 Å². The van der Waals surface area contributed by atoms with Crippen molar-refractivity contribution in [2.75, 3.05) is 18.0 Å². The summed E-state index contributed by atoms with van der Waals surface area (Å²) < 4.78 is 11.6. The zero-order valence-corrected chi connectivity index (χ0v) is 15.8. The number of nitrogens with zero attached hydrogens (tertiary/aromatic N) is 2. The van der Waals surface area contributed by atoms with Gasteiger partial charge in [0.05, 0.1) is 6.10 Å². The molecule has 0 aliphatic carbocycles. The maximum absolute atomic E-state index is 10.8. The number of carboxylic acids is 1. The number of aromatic carboxylic acids is 1. The summed E-state index contributed by atoms with van der Waals surface area (Å²) in [7, 11) is -1.78. The molecule has 0 amide bonds. The van der Waals surface area contributed by atoms with Crippen molar-refractivity contribution in [3.63, 3.8) is 0 Å². The monoisotopic (exact) mass is 346 g/mol. The van der Waals surface area contributed by atoms with Crippen LogP contribution in [0.3, 0.4) is 0 Å². The molecule has 1 aromatic rings. The highest BCUT2D eigenvalue weighted by molar-refractivity contribution is 7.59. The molecule has 0 spiro atoms. The van der Waals surface area contributed by atoms with Crippen LogP contribution in [0.4, 0.5) is 6.01 Å². The van der Waals surface area contributed by atoms with Gasteiger partial charge in [0.15, 0.2) is 14.0 Å². The van der Waals surface area contributed by atoms with Gasteiger partial charge in [-0.25, -0.2) is 4.79 Å². The van der Waals surface area contributed by atoms with Gasteiger partial charge in [0.2, 0.25) is 0 Å². The van der Waals surface area contributed by atoms with Gasteiger partial charge in [0, 0.05) is 13.1 Å². The molecule has 1 aliphatic heterocycles. The summed E-state index contributed by atoms with van der Waals surface area (Å²) in [5.74, 6) is -1.07. The molecule has 0 bridgehead atoms. The molecule has 22 heavy (non-hydrogen) atoms. The molecular formula is C14H26N2O4SSi. The Morgan fingerprint density at radius 3 is 2.64 bits per heavy atom. The van der Waals surface area contributed by atoms with E-state index in [2.05, 4.69) is 38.8 Å². The van der Waals surface area contributed by atoms with Crippen LogP contribution in [0.25, 0.3) is 0 Å². The van der Waals surface area contributed by atoms with Crippen LogP contribution in [0.2, 0.25) is 18.1 Å². The van der Waals surface area contributed by atoms with E-state index in [0.29, 0.717) is 12.6 Å². The first-order valence-corrected chi connectivity index (χ1v) is 10.1. The van der Waals surface area contributed by atoms with Gasteiger partial charge in [0.1, 0.15) is 6.26 Å². The van der Waals surface area contributed by atoms with Crippen molar-refractivity contribution < 1.29 is 18.7 Å². The lowest BCUT2D eigenvalue weighted by Gasteiger charge is -2.38. The first kappa shape index (κ1) is 19.1. The third-order valence-corrected chi connectivity index (χ3v) is 8.93. The van der Waals surface area contributed by atoms with E-state index in [1.54, 1.807) is 0 Å². The summed E-state index contributed by atoms with van der Waals surface area (Å²) >= 11 is 0. The Labute approximate surface area is 139 Å². The first-order chi connectivity index (χ1) is 9.60. The number of hydrogen-bond acceptors (Lipinski definition) is 5. The molecule has 2 heterocycles. The Balaban J connectivity index is 0.00000242. The van der Waals surface area contributed by atoms with Gasteiger partial charge in [-0.15, -0.1) is 0 Å². The van der Waals surface area contributed by atoms with Gasteiger partial charge in [-0.3, -0.25) is 0 Å². The van der Waals surface area contributed by atoms with Gasteiger partial charge in [-0.05, 0) is 24.6 Å². The number of hydrogen-bond donors (Lipinski definition) is 1. The summed E-state index contributed by atoms with van der Waals surface area (Å²) in [6.45, 7) is 12.6. The molecular weight excluding hydrogens is 320 g/mol. The molecule has 0 unspecified atom stereocenters. The zero-order chi connectivity index (χ0) is 15.8. The molecule has 1 N–H and O–H groups in total. The minimum atomic E-state index is -1.78. The molecule has 1 atom stereocenters. The number of rotatable bonds is 4. The fraction of sp³-hybridized carbons (Fsp3) is 0.714. The molecule has 1 saturated heterocycles. The maximum Gasteiger partial charge on any atom is 0.357 e. The number of carboxylic acid groups (broad SMARTS) is 1. The highest BCUT2D eigenvalue weighted by Gasteiger charge is 2.41. The lowest BCUT2D eigenvalue weighted by Crippen LogP contribution is -2.44. The van der Waals surface area contributed by atoms with Crippen molar-refractivity contribution in [2.24, 2.45) is 0 Å². The minimum Gasteiger partial charge on any atom is -0.476 e. The average molecular weight is 347 g/mol. The molecule has 0 radical (unpaired) electrons. The Bertz CT molecular complexity index is 527. The Morgan fingerprint density at radius 2 is 2.14 bits per heavy atom. The topological polar surface area (TPSA) is 75.8 Å². The molecule has 1 fully saturated rings. The fourth-order valence-electron chi connectivity index (χ4n) is 2.10. The Morgan fingerprint density at radius 1 is 1.50 bits per heavy atom. The summed E-state index contributed by atoms with van der Waals surface area (Å²) in [6.07, 6.45) is 2.25. The van der Waals surface area contributed by atoms with Crippen molar-refractivity contribution in [1.29, 1.82) is 0 Å². The Kier molecular flexibility index (Phi) is 5.75. The second-order valence-corrected chi connectivity index (χ2v) is 11.8. The van der Waals surface area contributed by atoms with Crippen molar-refractivity contribution in [3.8, 4) is 0 Å². The normalized spacial score (nSPS) is 19.1. The number of carbonyl (C=O) groups is 1. The molecule has 0 saturated carbocycles. The van der Waals surface area contributed by atoms with E-state index in [4.69, 9.17) is 13.9 Å². The first-order valence-electron chi connectivity index (χ1n) is 7.22. The van der Waals surface area contributed by atoms with Gasteiger partial charge < -0.3 is 18.8 Å². The van der Waals surface area contributed by atoms with E-state index >= 15 is 0 Å². The van der Waals surface area contributed by atoms with E-state index < -0.39 is 14.3 Å². The molecule has 126 valence electrons. The lowest BCUT2D eigenvalue weighted by atomic mass is 10.2. The summed E-state index contributed by atoms with van der Waals surface area (Å²) in [5.41, 5.74) is -0.0567. The van der Waals surface area contributed by atoms with Crippen LogP contribution >= 0.6 is 13.5 Å². The van der Waals surface area contributed by atoms with Crippen molar-refractivity contribution in [3.05, 3.63) is 12.0 Å². The van der Waals surface area contributed by atoms with E-state index in [9.17, 15) is 4.79 Å². The van der Waals surface area contributed by atoms with Crippen LogP contribution in [-0.4, -0.2) is 43.6 Å². The predicted octanol–water partition coefficient (Wildman–Crippen LogP) is 3.09.